The van der Waals surface area contributed by atoms with E-state index in [1.54, 1.807) is 13.3 Å². The molecule has 0 spiro atoms. The van der Waals surface area contributed by atoms with E-state index in [0.29, 0.717) is 12.6 Å². The van der Waals surface area contributed by atoms with Gasteiger partial charge in [0.25, 0.3) is 0 Å². The predicted octanol–water partition coefficient (Wildman–Crippen LogP) is 3.88. The number of carbonyl (C=O) groups excluding carboxylic acids is 1. The number of nitrogens with one attached hydrogen (secondary N) is 1. The maximum absolute atomic E-state index is 13.1. The van der Waals surface area contributed by atoms with Crippen LogP contribution in [0.25, 0.3) is 0 Å². The molecular formula is C21H30N4O2. The first-order valence-corrected chi connectivity index (χ1v) is 9.82. The molecule has 1 aliphatic rings. The van der Waals surface area contributed by atoms with Crippen LogP contribution in [-0.4, -0.2) is 40.2 Å². The first kappa shape index (κ1) is 19.3. The molecule has 0 aliphatic heterocycles. The van der Waals surface area contributed by atoms with Crippen molar-refractivity contribution >= 4 is 6.03 Å². The number of imidazole rings is 1. The zero-order valence-corrected chi connectivity index (χ0v) is 16.5. The minimum absolute atomic E-state index is 0.0202. The minimum Gasteiger partial charge on any atom is -0.497 e. The number of aryl methyl sites for hydroxylation is 1. The molecule has 1 atom stereocenters. The van der Waals surface area contributed by atoms with Crippen LogP contribution < -0.4 is 10.1 Å². The molecule has 1 saturated carbocycles. The molecule has 1 aromatic carbocycles. The number of benzene rings is 1. The third-order valence-electron chi connectivity index (χ3n) is 5.45. The lowest BCUT2D eigenvalue weighted by atomic mass is 9.94. The van der Waals surface area contributed by atoms with E-state index in [-0.39, 0.29) is 12.1 Å². The van der Waals surface area contributed by atoms with Crippen molar-refractivity contribution in [3.63, 3.8) is 0 Å². The molecule has 3 rings (SSSR count). The Labute approximate surface area is 161 Å². The third kappa shape index (κ3) is 4.43. The van der Waals surface area contributed by atoms with Crippen molar-refractivity contribution in [3.8, 4) is 5.75 Å². The average molecular weight is 370 g/mol. The second-order valence-corrected chi connectivity index (χ2v) is 7.13. The lowest BCUT2D eigenvalue weighted by Gasteiger charge is -2.34. The molecule has 1 fully saturated rings. The van der Waals surface area contributed by atoms with Gasteiger partial charge in [0.05, 0.1) is 7.11 Å². The Kier molecular flexibility index (Phi) is 6.37. The maximum atomic E-state index is 13.1. The summed E-state index contributed by atoms with van der Waals surface area (Å²) in [5, 5.41) is 3.23. The first-order valence-electron chi connectivity index (χ1n) is 9.82. The van der Waals surface area contributed by atoms with Crippen LogP contribution in [0.2, 0.25) is 0 Å². The van der Waals surface area contributed by atoms with Gasteiger partial charge < -0.3 is 19.5 Å². The van der Waals surface area contributed by atoms with Gasteiger partial charge in [-0.15, -0.1) is 0 Å². The number of aromatic nitrogens is 2. The maximum Gasteiger partial charge on any atom is 0.318 e. The second kappa shape index (κ2) is 8.93. The van der Waals surface area contributed by atoms with Gasteiger partial charge in [0, 0.05) is 32.0 Å². The van der Waals surface area contributed by atoms with Gasteiger partial charge >= 0.3 is 6.03 Å². The van der Waals surface area contributed by atoms with Gasteiger partial charge in [-0.05, 0) is 37.5 Å². The Morgan fingerprint density at radius 2 is 2.00 bits per heavy atom. The lowest BCUT2D eigenvalue weighted by Crippen LogP contribution is -2.48. The number of rotatable bonds is 6. The Morgan fingerprint density at radius 1 is 1.30 bits per heavy atom. The fourth-order valence-electron chi connectivity index (χ4n) is 3.92. The van der Waals surface area contributed by atoms with Crippen molar-refractivity contribution in [1.29, 1.82) is 0 Å². The predicted molar refractivity (Wildman–Crippen MR) is 106 cm³/mol. The molecule has 6 nitrogen and oxygen atoms in total. The Morgan fingerprint density at radius 3 is 2.56 bits per heavy atom. The molecule has 27 heavy (non-hydrogen) atoms. The van der Waals surface area contributed by atoms with Crippen LogP contribution in [0.15, 0.2) is 36.7 Å². The van der Waals surface area contributed by atoms with Crippen molar-refractivity contribution in [3.05, 3.63) is 48.0 Å². The van der Waals surface area contributed by atoms with Crippen LogP contribution in [0, 0.1) is 0 Å². The number of amides is 2. The third-order valence-corrected chi connectivity index (χ3v) is 5.45. The summed E-state index contributed by atoms with van der Waals surface area (Å²) in [5.41, 5.74) is 0.984. The molecule has 2 aromatic rings. The van der Waals surface area contributed by atoms with Gasteiger partial charge in [-0.1, -0.05) is 31.4 Å². The Hall–Kier alpha value is -2.50. The smallest absolute Gasteiger partial charge is 0.318 e. The standard InChI is InChI=1S/C21H30N4O2/c1-4-25(17-8-6-5-7-9-17)21(26)23-19(20-22-14-15-24(20)2)16-10-12-18(27-3)13-11-16/h10-15,17,19H,4-9H2,1-3H3,(H,23,26). The molecule has 2 amide bonds. The van der Waals surface area contributed by atoms with E-state index < -0.39 is 0 Å². The number of carbonyl (C=O) groups is 1. The van der Waals surface area contributed by atoms with Gasteiger partial charge in [-0.3, -0.25) is 0 Å². The van der Waals surface area contributed by atoms with Crippen LogP contribution in [0.5, 0.6) is 5.75 Å². The molecular weight excluding hydrogens is 340 g/mol. The summed E-state index contributed by atoms with van der Waals surface area (Å²) >= 11 is 0. The van der Waals surface area contributed by atoms with Gasteiger partial charge in [-0.25, -0.2) is 9.78 Å². The topological polar surface area (TPSA) is 59.4 Å². The van der Waals surface area contributed by atoms with Crippen LogP contribution in [0.4, 0.5) is 4.79 Å². The molecule has 1 aromatic heterocycles. The number of methoxy groups -OCH3 is 1. The molecule has 1 N–H and O–H groups in total. The number of hydrogen-bond donors (Lipinski definition) is 1. The van der Waals surface area contributed by atoms with E-state index in [0.717, 1.165) is 30.0 Å². The number of ether oxygens (including phenoxy) is 1. The van der Waals surface area contributed by atoms with E-state index in [2.05, 4.69) is 17.2 Å². The molecule has 0 bridgehead atoms. The summed E-state index contributed by atoms with van der Waals surface area (Å²) in [7, 11) is 3.60. The van der Waals surface area contributed by atoms with Crippen molar-refractivity contribution in [2.75, 3.05) is 13.7 Å². The summed E-state index contributed by atoms with van der Waals surface area (Å²) < 4.78 is 7.21. The van der Waals surface area contributed by atoms with Crippen LogP contribution >= 0.6 is 0 Å². The highest BCUT2D eigenvalue weighted by Crippen LogP contribution is 2.26. The molecule has 6 heteroatoms. The number of hydrogen-bond acceptors (Lipinski definition) is 3. The molecule has 1 heterocycles. The zero-order chi connectivity index (χ0) is 19.2. The van der Waals surface area contributed by atoms with Crippen molar-refractivity contribution in [2.24, 2.45) is 7.05 Å². The zero-order valence-electron chi connectivity index (χ0n) is 16.5. The average Bonchev–Trinajstić information content (AvgIpc) is 3.13. The molecule has 0 radical (unpaired) electrons. The molecule has 0 saturated heterocycles. The van der Waals surface area contributed by atoms with Crippen molar-refractivity contribution < 1.29 is 9.53 Å². The first-order chi connectivity index (χ1) is 13.1. The van der Waals surface area contributed by atoms with Crippen LogP contribution in [0.1, 0.15) is 56.5 Å². The minimum atomic E-state index is -0.305. The largest absolute Gasteiger partial charge is 0.497 e. The summed E-state index contributed by atoms with van der Waals surface area (Å²) in [6, 6.07) is 7.80. The summed E-state index contributed by atoms with van der Waals surface area (Å²) in [5.74, 6) is 1.61. The molecule has 1 aliphatic carbocycles. The van der Waals surface area contributed by atoms with Crippen LogP contribution in [-0.2, 0) is 7.05 Å². The lowest BCUT2D eigenvalue weighted by molar-refractivity contribution is 0.157. The molecule has 146 valence electrons. The summed E-state index contributed by atoms with van der Waals surface area (Å²) in [4.78, 5) is 19.6. The van der Waals surface area contributed by atoms with E-state index in [4.69, 9.17) is 4.74 Å². The summed E-state index contributed by atoms with van der Waals surface area (Å²) in [6.45, 7) is 2.77. The SMILES string of the molecule is CCN(C(=O)NC(c1ccc(OC)cc1)c1nccn1C)C1CCCCC1. The Balaban J connectivity index is 1.84. The summed E-state index contributed by atoms with van der Waals surface area (Å²) in [6.07, 6.45) is 9.53. The highest BCUT2D eigenvalue weighted by atomic mass is 16.5. The van der Waals surface area contributed by atoms with Crippen molar-refractivity contribution in [1.82, 2.24) is 19.8 Å². The van der Waals surface area contributed by atoms with Gasteiger partial charge in [-0.2, -0.15) is 0 Å². The number of urea groups is 1. The second-order valence-electron chi connectivity index (χ2n) is 7.13. The normalized spacial score (nSPS) is 16.0. The van der Waals surface area contributed by atoms with Gasteiger partial charge in [0.15, 0.2) is 0 Å². The highest BCUT2D eigenvalue weighted by Gasteiger charge is 2.28. The Bertz CT molecular complexity index is 735. The fourth-order valence-corrected chi connectivity index (χ4v) is 3.92. The van der Waals surface area contributed by atoms with Gasteiger partial charge in [0.2, 0.25) is 0 Å². The van der Waals surface area contributed by atoms with Crippen LogP contribution in [0.3, 0.4) is 0 Å². The fraction of sp³-hybridized carbons (Fsp3) is 0.524. The number of nitrogens with zero attached hydrogens (tertiary/aromatic N) is 3. The van der Waals surface area contributed by atoms with E-state index in [9.17, 15) is 4.79 Å². The highest BCUT2D eigenvalue weighted by molar-refractivity contribution is 5.75. The molecule has 1 unspecified atom stereocenters. The van der Waals surface area contributed by atoms with Gasteiger partial charge in [0.1, 0.15) is 17.6 Å². The quantitative estimate of drug-likeness (QED) is 0.839. The monoisotopic (exact) mass is 370 g/mol. The van der Waals surface area contributed by atoms with E-state index >= 15 is 0 Å². The van der Waals surface area contributed by atoms with E-state index in [1.165, 1.54) is 19.3 Å². The van der Waals surface area contributed by atoms with Crippen molar-refractivity contribution in [2.45, 2.75) is 51.1 Å². The van der Waals surface area contributed by atoms with E-state index in [1.807, 2.05) is 47.0 Å².